The number of rotatable bonds is 6. The number of hydrogen-bond acceptors (Lipinski definition) is 2. The Hall–Kier alpha value is -2.53. The lowest BCUT2D eigenvalue weighted by molar-refractivity contribution is -0.124. The van der Waals surface area contributed by atoms with Crippen LogP contribution < -0.4 is 16.0 Å². The Kier molecular flexibility index (Phi) is 7.04. The van der Waals surface area contributed by atoms with E-state index < -0.39 is 12.1 Å². The lowest BCUT2D eigenvalue weighted by Crippen LogP contribution is -2.51. The van der Waals surface area contributed by atoms with Gasteiger partial charge in [0.25, 0.3) is 0 Å². The highest BCUT2D eigenvalue weighted by atomic mass is 35.5. The molecule has 0 heterocycles. The average molecular weight is 374 g/mol. The van der Waals surface area contributed by atoms with Crippen LogP contribution in [0.25, 0.3) is 0 Å². The molecule has 5 nitrogen and oxygen atoms in total. The molecule has 0 aliphatic heterocycles. The Labute approximate surface area is 159 Å². The zero-order chi connectivity index (χ0) is 19.1. The minimum Gasteiger partial charge on any atom is -0.348 e. The average Bonchev–Trinajstić information content (AvgIpc) is 2.60. The number of carbonyl (C=O) groups excluding carboxylic acids is 2. The van der Waals surface area contributed by atoms with Crippen LogP contribution in [0.3, 0.4) is 0 Å². The number of carbonyl (C=O) groups is 2. The molecule has 0 radical (unpaired) electrons. The van der Waals surface area contributed by atoms with Gasteiger partial charge in [-0.1, -0.05) is 61.8 Å². The molecule has 0 saturated carbocycles. The van der Waals surface area contributed by atoms with Gasteiger partial charge in [0, 0.05) is 10.7 Å². The molecular formula is C20H24ClN3O2. The van der Waals surface area contributed by atoms with Crippen molar-refractivity contribution < 1.29 is 9.59 Å². The van der Waals surface area contributed by atoms with Gasteiger partial charge in [0.05, 0.1) is 6.04 Å². The number of urea groups is 1. The van der Waals surface area contributed by atoms with Gasteiger partial charge in [0.2, 0.25) is 5.91 Å². The molecule has 0 aliphatic rings. The molecule has 0 aromatic heterocycles. The van der Waals surface area contributed by atoms with Crippen molar-refractivity contribution in [1.82, 2.24) is 10.6 Å². The molecule has 2 aromatic carbocycles. The van der Waals surface area contributed by atoms with Crippen LogP contribution in [0.1, 0.15) is 32.4 Å². The normalized spacial score (nSPS) is 13.0. The minimum absolute atomic E-state index is 0.0741. The monoisotopic (exact) mass is 373 g/mol. The van der Waals surface area contributed by atoms with E-state index >= 15 is 0 Å². The van der Waals surface area contributed by atoms with E-state index in [0.717, 1.165) is 5.56 Å². The largest absolute Gasteiger partial charge is 0.348 e. The third kappa shape index (κ3) is 5.49. The molecule has 0 saturated heterocycles. The lowest BCUT2D eigenvalue weighted by Gasteiger charge is -2.24. The second kappa shape index (κ2) is 9.25. The third-order valence-electron chi connectivity index (χ3n) is 4.00. The molecule has 2 rings (SSSR count). The van der Waals surface area contributed by atoms with Crippen LogP contribution in [0.5, 0.6) is 0 Å². The minimum atomic E-state index is -0.663. The molecule has 0 fully saturated rings. The van der Waals surface area contributed by atoms with Gasteiger partial charge in [-0.3, -0.25) is 4.79 Å². The second-order valence-electron chi connectivity index (χ2n) is 6.44. The molecule has 0 aliphatic carbocycles. The topological polar surface area (TPSA) is 70.2 Å². The first-order valence-electron chi connectivity index (χ1n) is 8.56. The molecule has 2 aromatic rings. The van der Waals surface area contributed by atoms with Crippen LogP contribution in [0.4, 0.5) is 10.5 Å². The van der Waals surface area contributed by atoms with Crippen LogP contribution in [-0.2, 0) is 4.79 Å². The fraction of sp³-hybridized carbons (Fsp3) is 0.300. The van der Waals surface area contributed by atoms with Gasteiger partial charge in [-0.2, -0.15) is 0 Å². The van der Waals surface area contributed by atoms with Gasteiger partial charge in [0.1, 0.15) is 6.04 Å². The van der Waals surface area contributed by atoms with Crippen molar-refractivity contribution in [3.05, 3.63) is 65.2 Å². The zero-order valence-corrected chi connectivity index (χ0v) is 15.9. The highest BCUT2D eigenvalue weighted by Crippen LogP contribution is 2.22. The Balaban J connectivity index is 2.00. The maximum atomic E-state index is 12.7. The van der Waals surface area contributed by atoms with Crippen molar-refractivity contribution in [3.8, 4) is 0 Å². The zero-order valence-electron chi connectivity index (χ0n) is 15.1. The van der Waals surface area contributed by atoms with E-state index in [9.17, 15) is 9.59 Å². The van der Waals surface area contributed by atoms with Crippen molar-refractivity contribution in [2.75, 3.05) is 5.32 Å². The Morgan fingerprint density at radius 1 is 0.885 bits per heavy atom. The van der Waals surface area contributed by atoms with E-state index in [1.807, 2.05) is 57.2 Å². The predicted molar refractivity (Wildman–Crippen MR) is 105 cm³/mol. The standard InChI is InChI=1S/C20H24ClN3O2/c1-13(2)18(24-20(26)23-15-9-5-4-6-10-15)19(25)22-14(3)16-11-7-8-12-17(16)21/h4-14,18H,1-3H3,(H,22,25)(H2,23,24,26). The van der Waals surface area contributed by atoms with Crippen molar-refractivity contribution >= 4 is 29.2 Å². The van der Waals surface area contributed by atoms with Crippen molar-refractivity contribution in [1.29, 1.82) is 0 Å². The summed E-state index contributed by atoms with van der Waals surface area (Å²) in [5.41, 5.74) is 1.50. The van der Waals surface area contributed by atoms with E-state index in [1.165, 1.54) is 0 Å². The van der Waals surface area contributed by atoms with Gasteiger partial charge in [-0.25, -0.2) is 4.79 Å². The summed E-state index contributed by atoms with van der Waals surface area (Å²) < 4.78 is 0. The molecule has 0 bridgehead atoms. The summed E-state index contributed by atoms with van der Waals surface area (Å²) in [4.78, 5) is 24.9. The van der Waals surface area contributed by atoms with Crippen LogP contribution in [-0.4, -0.2) is 18.0 Å². The van der Waals surface area contributed by atoms with Gasteiger partial charge in [-0.05, 0) is 36.6 Å². The summed E-state index contributed by atoms with van der Waals surface area (Å²) in [6.45, 7) is 5.63. The van der Waals surface area contributed by atoms with Gasteiger partial charge in [-0.15, -0.1) is 0 Å². The number of amides is 3. The molecule has 26 heavy (non-hydrogen) atoms. The summed E-state index contributed by atoms with van der Waals surface area (Å²) >= 11 is 6.19. The first-order valence-corrected chi connectivity index (χ1v) is 8.93. The number of halogens is 1. The Morgan fingerprint density at radius 3 is 2.12 bits per heavy atom. The smallest absolute Gasteiger partial charge is 0.319 e. The molecule has 3 N–H and O–H groups in total. The van der Waals surface area contributed by atoms with Crippen LogP contribution in [0.2, 0.25) is 5.02 Å². The van der Waals surface area contributed by atoms with E-state index in [-0.39, 0.29) is 17.9 Å². The third-order valence-corrected chi connectivity index (χ3v) is 4.34. The quantitative estimate of drug-likeness (QED) is 0.703. The fourth-order valence-electron chi connectivity index (χ4n) is 2.57. The van der Waals surface area contributed by atoms with Crippen LogP contribution in [0.15, 0.2) is 54.6 Å². The molecular weight excluding hydrogens is 350 g/mol. The number of nitrogens with one attached hydrogen (secondary N) is 3. The Bertz CT molecular complexity index is 750. The van der Waals surface area contributed by atoms with E-state index in [0.29, 0.717) is 10.7 Å². The summed E-state index contributed by atoms with van der Waals surface area (Å²) in [7, 11) is 0. The first kappa shape index (κ1) is 19.8. The van der Waals surface area contributed by atoms with Crippen molar-refractivity contribution in [3.63, 3.8) is 0 Å². The van der Waals surface area contributed by atoms with Crippen molar-refractivity contribution in [2.24, 2.45) is 5.92 Å². The second-order valence-corrected chi connectivity index (χ2v) is 6.85. The molecule has 138 valence electrons. The van der Waals surface area contributed by atoms with Crippen molar-refractivity contribution in [2.45, 2.75) is 32.9 Å². The summed E-state index contributed by atoms with van der Waals surface area (Å²) in [5.74, 6) is -0.328. The lowest BCUT2D eigenvalue weighted by atomic mass is 10.0. The van der Waals surface area contributed by atoms with Gasteiger partial charge in [0.15, 0.2) is 0 Å². The summed E-state index contributed by atoms with van der Waals surface area (Å²) in [6, 6.07) is 15.1. The van der Waals surface area contributed by atoms with E-state index in [2.05, 4.69) is 16.0 Å². The number of anilines is 1. The predicted octanol–water partition coefficient (Wildman–Crippen LogP) is 4.36. The molecule has 2 atom stereocenters. The molecule has 6 heteroatoms. The molecule has 3 amide bonds. The number of benzene rings is 2. The van der Waals surface area contributed by atoms with Gasteiger partial charge >= 0.3 is 6.03 Å². The van der Waals surface area contributed by atoms with E-state index in [1.54, 1.807) is 18.2 Å². The highest BCUT2D eigenvalue weighted by molar-refractivity contribution is 6.31. The fourth-order valence-corrected chi connectivity index (χ4v) is 2.87. The Morgan fingerprint density at radius 2 is 1.50 bits per heavy atom. The molecule has 2 unspecified atom stereocenters. The number of para-hydroxylation sites is 1. The maximum Gasteiger partial charge on any atom is 0.319 e. The number of hydrogen-bond donors (Lipinski definition) is 3. The van der Waals surface area contributed by atoms with E-state index in [4.69, 9.17) is 11.6 Å². The van der Waals surface area contributed by atoms with Crippen LogP contribution in [0, 0.1) is 5.92 Å². The van der Waals surface area contributed by atoms with Gasteiger partial charge < -0.3 is 16.0 Å². The summed E-state index contributed by atoms with van der Waals surface area (Å²) in [6.07, 6.45) is 0. The SMILES string of the molecule is CC(NC(=O)C(NC(=O)Nc1ccccc1)C(C)C)c1ccccc1Cl. The molecule has 0 spiro atoms. The summed E-state index contributed by atoms with van der Waals surface area (Å²) in [5, 5.41) is 8.98. The highest BCUT2D eigenvalue weighted by Gasteiger charge is 2.26. The first-order chi connectivity index (χ1) is 12.4. The maximum absolute atomic E-state index is 12.7. The van der Waals surface area contributed by atoms with Crippen LogP contribution >= 0.6 is 11.6 Å².